The highest BCUT2D eigenvalue weighted by molar-refractivity contribution is 6.31. The maximum atomic E-state index is 13.3. The molecule has 1 atom stereocenters. The van der Waals surface area contributed by atoms with E-state index >= 15 is 0 Å². The van der Waals surface area contributed by atoms with Gasteiger partial charge in [0.2, 0.25) is 11.8 Å². The number of alkyl halides is 3. The summed E-state index contributed by atoms with van der Waals surface area (Å²) in [6.45, 7) is -0.00889. The third kappa shape index (κ3) is 4.44. The fraction of sp³-hybridized carbons (Fsp3) is 0.263. The van der Waals surface area contributed by atoms with Crippen molar-refractivity contribution in [1.29, 1.82) is 0 Å². The number of hydrogen-bond donors (Lipinski definition) is 1. The molecular weight excluding hydrogens is 400 g/mol. The molecule has 9 heteroatoms. The van der Waals surface area contributed by atoms with E-state index in [1.54, 1.807) is 0 Å². The van der Waals surface area contributed by atoms with Crippen LogP contribution >= 0.6 is 11.6 Å². The van der Waals surface area contributed by atoms with Gasteiger partial charge in [-0.05, 0) is 35.9 Å². The SMILES string of the molecule is O=C(NCc1cccc(C(F)(F)F)c1)[C@H]1CC(=O)N(c2ccc(F)c(Cl)c2)C1. The van der Waals surface area contributed by atoms with Crippen LogP contribution in [0.1, 0.15) is 17.5 Å². The Bertz CT molecular complexity index is 917. The molecule has 2 aromatic carbocycles. The number of nitrogens with zero attached hydrogens (tertiary/aromatic N) is 1. The summed E-state index contributed by atoms with van der Waals surface area (Å²) in [5.41, 5.74) is -0.117. The second kappa shape index (κ2) is 7.79. The molecule has 0 saturated carbocycles. The Kier molecular flexibility index (Phi) is 5.60. The summed E-state index contributed by atoms with van der Waals surface area (Å²) >= 11 is 5.73. The molecule has 1 fully saturated rings. The average molecular weight is 415 g/mol. The van der Waals surface area contributed by atoms with Crippen LogP contribution in [0, 0.1) is 11.7 Å². The van der Waals surface area contributed by atoms with E-state index in [1.807, 2.05) is 0 Å². The van der Waals surface area contributed by atoms with Gasteiger partial charge in [0.15, 0.2) is 0 Å². The Balaban J connectivity index is 1.63. The van der Waals surface area contributed by atoms with Gasteiger partial charge in [0.1, 0.15) is 5.82 Å². The molecule has 0 radical (unpaired) electrons. The van der Waals surface area contributed by atoms with Gasteiger partial charge in [-0.15, -0.1) is 0 Å². The minimum atomic E-state index is -4.46. The number of halogens is 5. The van der Waals surface area contributed by atoms with Crippen molar-refractivity contribution in [1.82, 2.24) is 5.32 Å². The minimum Gasteiger partial charge on any atom is -0.352 e. The second-order valence-electron chi connectivity index (χ2n) is 6.42. The molecule has 0 bridgehead atoms. The molecule has 1 aliphatic heterocycles. The normalized spacial score (nSPS) is 17.1. The first kappa shape index (κ1) is 20.1. The third-order valence-electron chi connectivity index (χ3n) is 4.43. The van der Waals surface area contributed by atoms with Gasteiger partial charge < -0.3 is 10.2 Å². The molecule has 2 amide bonds. The van der Waals surface area contributed by atoms with Gasteiger partial charge in [0.25, 0.3) is 0 Å². The molecule has 0 aromatic heterocycles. The monoisotopic (exact) mass is 414 g/mol. The molecule has 148 valence electrons. The van der Waals surface area contributed by atoms with Crippen LogP contribution in [0.3, 0.4) is 0 Å². The number of benzene rings is 2. The molecule has 0 aliphatic carbocycles. The summed E-state index contributed by atoms with van der Waals surface area (Å²) in [6.07, 6.45) is -4.52. The van der Waals surface area contributed by atoms with Crippen LogP contribution in [-0.4, -0.2) is 18.4 Å². The maximum Gasteiger partial charge on any atom is 0.416 e. The van der Waals surface area contributed by atoms with Crippen LogP contribution in [0.15, 0.2) is 42.5 Å². The summed E-state index contributed by atoms with van der Waals surface area (Å²) in [5, 5.41) is 2.43. The molecule has 4 nitrogen and oxygen atoms in total. The van der Waals surface area contributed by atoms with Crippen molar-refractivity contribution in [3.8, 4) is 0 Å². The molecule has 3 rings (SSSR count). The van der Waals surface area contributed by atoms with E-state index < -0.39 is 29.4 Å². The Hall–Kier alpha value is -2.61. The fourth-order valence-electron chi connectivity index (χ4n) is 2.98. The molecule has 2 aromatic rings. The second-order valence-corrected chi connectivity index (χ2v) is 6.83. The largest absolute Gasteiger partial charge is 0.416 e. The first-order chi connectivity index (χ1) is 13.1. The molecule has 1 N–H and O–H groups in total. The number of nitrogens with one attached hydrogen (secondary N) is 1. The molecule has 28 heavy (non-hydrogen) atoms. The van der Waals surface area contributed by atoms with Crippen molar-refractivity contribution in [3.05, 3.63) is 64.4 Å². The number of anilines is 1. The minimum absolute atomic E-state index is 0.0522. The van der Waals surface area contributed by atoms with Gasteiger partial charge >= 0.3 is 6.18 Å². The zero-order valence-corrected chi connectivity index (χ0v) is 15.1. The zero-order chi connectivity index (χ0) is 20.5. The maximum absolute atomic E-state index is 13.3. The molecule has 0 spiro atoms. The average Bonchev–Trinajstić information content (AvgIpc) is 3.03. The predicted molar refractivity (Wildman–Crippen MR) is 95.2 cm³/mol. The summed E-state index contributed by atoms with van der Waals surface area (Å²) in [4.78, 5) is 25.9. The van der Waals surface area contributed by atoms with Gasteiger partial charge in [-0.25, -0.2) is 4.39 Å². The lowest BCUT2D eigenvalue weighted by Gasteiger charge is -2.17. The van der Waals surface area contributed by atoms with Gasteiger partial charge in [-0.3, -0.25) is 9.59 Å². The number of amides is 2. The highest BCUT2D eigenvalue weighted by atomic mass is 35.5. The summed E-state index contributed by atoms with van der Waals surface area (Å²) in [5.74, 6) is -2.04. The Labute approximate surface area is 163 Å². The first-order valence-electron chi connectivity index (χ1n) is 8.34. The quantitative estimate of drug-likeness (QED) is 0.763. The van der Waals surface area contributed by atoms with Crippen molar-refractivity contribution < 1.29 is 27.2 Å². The third-order valence-corrected chi connectivity index (χ3v) is 4.72. The van der Waals surface area contributed by atoms with Gasteiger partial charge in [-0.1, -0.05) is 23.7 Å². The first-order valence-corrected chi connectivity index (χ1v) is 8.72. The van der Waals surface area contributed by atoms with Crippen LogP contribution in [0.25, 0.3) is 0 Å². The van der Waals surface area contributed by atoms with Crippen molar-refractivity contribution in [3.63, 3.8) is 0 Å². The highest BCUT2D eigenvalue weighted by Gasteiger charge is 2.35. The molecular formula is C19H15ClF4N2O2. The smallest absolute Gasteiger partial charge is 0.352 e. The lowest BCUT2D eigenvalue weighted by molar-refractivity contribution is -0.137. The van der Waals surface area contributed by atoms with E-state index in [1.165, 1.54) is 29.2 Å². The fourth-order valence-corrected chi connectivity index (χ4v) is 3.15. The lowest BCUT2D eigenvalue weighted by Crippen LogP contribution is -2.32. The van der Waals surface area contributed by atoms with Gasteiger partial charge in [0.05, 0.1) is 16.5 Å². The van der Waals surface area contributed by atoms with E-state index in [2.05, 4.69) is 5.32 Å². The number of hydrogen-bond acceptors (Lipinski definition) is 2. The standard InChI is InChI=1S/C19H15ClF4N2O2/c20-15-8-14(4-5-16(15)21)26-10-12(7-17(26)27)18(28)25-9-11-2-1-3-13(6-11)19(22,23)24/h1-6,8,12H,7,9-10H2,(H,25,28)/t12-/m0/s1. The topological polar surface area (TPSA) is 49.4 Å². The van der Waals surface area contributed by atoms with Crippen LogP contribution in [0.4, 0.5) is 23.2 Å². The van der Waals surface area contributed by atoms with Crippen molar-refractivity contribution >= 4 is 29.1 Å². The van der Waals surface area contributed by atoms with Crippen LogP contribution in [0.5, 0.6) is 0 Å². The number of carbonyl (C=O) groups is 2. The lowest BCUT2D eigenvalue weighted by atomic mass is 10.1. The highest BCUT2D eigenvalue weighted by Crippen LogP contribution is 2.30. The van der Waals surface area contributed by atoms with E-state index in [0.717, 1.165) is 18.2 Å². The predicted octanol–water partition coefficient (Wildman–Crippen LogP) is 4.17. The van der Waals surface area contributed by atoms with Crippen LogP contribution < -0.4 is 10.2 Å². The summed E-state index contributed by atoms with van der Waals surface area (Å²) < 4.78 is 51.5. The molecule has 1 heterocycles. The zero-order valence-electron chi connectivity index (χ0n) is 14.4. The number of carbonyl (C=O) groups excluding carboxylic acids is 2. The Morgan fingerprint density at radius 3 is 2.64 bits per heavy atom. The van der Waals surface area contributed by atoms with E-state index in [0.29, 0.717) is 11.3 Å². The van der Waals surface area contributed by atoms with E-state index in [4.69, 9.17) is 11.6 Å². The molecule has 0 unspecified atom stereocenters. The van der Waals surface area contributed by atoms with Crippen LogP contribution in [-0.2, 0) is 22.3 Å². The Morgan fingerprint density at radius 1 is 1.21 bits per heavy atom. The van der Waals surface area contributed by atoms with Gasteiger partial charge in [0, 0.05) is 25.2 Å². The van der Waals surface area contributed by atoms with Crippen LogP contribution in [0.2, 0.25) is 5.02 Å². The van der Waals surface area contributed by atoms with Crippen molar-refractivity contribution in [2.45, 2.75) is 19.1 Å². The summed E-state index contributed by atoms with van der Waals surface area (Å²) in [7, 11) is 0. The van der Waals surface area contributed by atoms with Gasteiger partial charge in [-0.2, -0.15) is 13.2 Å². The van der Waals surface area contributed by atoms with Crippen molar-refractivity contribution in [2.75, 3.05) is 11.4 Å². The van der Waals surface area contributed by atoms with E-state index in [-0.39, 0.29) is 30.4 Å². The summed E-state index contributed by atoms with van der Waals surface area (Å²) in [6, 6.07) is 8.48. The Morgan fingerprint density at radius 2 is 1.96 bits per heavy atom. The molecule has 1 aliphatic rings. The van der Waals surface area contributed by atoms with Crippen molar-refractivity contribution in [2.24, 2.45) is 5.92 Å². The van der Waals surface area contributed by atoms with E-state index in [9.17, 15) is 27.2 Å². The number of rotatable bonds is 4. The molecule has 1 saturated heterocycles.